The van der Waals surface area contributed by atoms with Crippen molar-refractivity contribution >= 4 is 11.8 Å². The van der Waals surface area contributed by atoms with Gasteiger partial charge in [0.1, 0.15) is 5.75 Å². The van der Waals surface area contributed by atoms with Gasteiger partial charge < -0.3 is 10.1 Å². The van der Waals surface area contributed by atoms with Gasteiger partial charge in [0.05, 0.1) is 7.11 Å². The zero-order valence-electron chi connectivity index (χ0n) is 12.3. The number of hydrogen-bond acceptors (Lipinski definition) is 3. The van der Waals surface area contributed by atoms with Crippen molar-refractivity contribution in [2.75, 3.05) is 19.9 Å². The van der Waals surface area contributed by atoms with Crippen molar-refractivity contribution in [3.05, 3.63) is 28.8 Å². The summed E-state index contributed by atoms with van der Waals surface area (Å²) in [4.78, 5) is 0. The molecular formula is C15H25NOS. The molecule has 1 aromatic rings. The molecule has 0 saturated carbocycles. The van der Waals surface area contributed by atoms with Gasteiger partial charge in [-0.3, -0.25) is 0 Å². The van der Waals surface area contributed by atoms with E-state index in [1.807, 2.05) is 18.8 Å². The van der Waals surface area contributed by atoms with Crippen molar-refractivity contribution < 1.29 is 4.74 Å². The Hall–Kier alpha value is -0.670. The molecule has 0 bridgehead atoms. The van der Waals surface area contributed by atoms with Gasteiger partial charge in [-0.05, 0) is 43.3 Å². The minimum atomic E-state index is 0.341. The van der Waals surface area contributed by atoms with E-state index in [0.717, 1.165) is 11.5 Å². The van der Waals surface area contributed by atoms with Crippen LogP contribution in [0.2, 0.25) is 0 Å². The van der Waals surface area contributed by atoms with Crippen molar-refractivity contribution in [3.8, 4) is 5.75 Å². The van der Waals surface area contributed by atoms with Crippen LogP contribution in [0.3, 0.4) is 0 Å². The fourth-order valence-corrected chi connectivity index (χ4v) is 3.07. The number of nitrogens with one attached hydrogen (secondary N) is 1. The minimum Gasteiger partial charge on any atom is -0.496 e. The Bertz CT molecular complexity index is 390. The third-order valence-electron chi connectivity index (χ3n) is 3.01. The minimum absolute atomic E-state index is 0.341. The molecule has 1 aromatic carbocycles. The first-order valence-electron chi connectivity index (χ1n) is 6.43. The Labute approximate surface area is 116 Å². The first kappa shape index (κ1) is 15.4. The highest BCUT2D eigenvalue weighted by atomic mass is 32.2. The lowest BCUT2D eigenvalue weighted by molar-refractivity contribution is 0.403. The third kappa shape index (κ3) is 3.92. The van der Waals surface area contributed by atoms with Crippen LogP contribution in [0.5, 0.6) is 5.75 Å². The Kier molecular flexibility index (Phi) is 6.03. The molecule has 0 heterocycles. The van der Waals surface area contributed by atoms with Crippen LogP contribution in [0.15, 0.2) is 12.1 Å². The van der Waals surface area contributed by atoms with Gasteiger partial charge in [-0.15, -0.1) is 0 Å². The van der Waals surface area contributed by atoms with E-state index in [1.54, 1.807) is 7.11 Å². The van der Waals surface area contributed by atoms with Gasteiger partial charge in [-0.1, -0.05) is 19.9 Å². The molecule has 0 radical (unpaired) electrons. The number of benzene rings is 1. The van der Waals surface area contributed by atoms with E-state index in [9.17, 15) is 0 Å². The maximum Gasteiger partial charge on any atom is 0.124 e. The molecule has 1 N–H and O–H groups in total. The highest BCUT2D eigenvalue weighted by molar-refractivity contribution is 7.99. The quantitative estimate of drug-likeness (QED) is 0.849. The van der Waals surface area contributed by atoms with Gasteiger partial charge in [0.25, 0.3) is 0 Å². The average Bonchev–Trinajstić information content (AvgIpc) is 2.30. The normalized spacial score (nSPS) is 12.8. The van der Waals surface area contributed by atoms with Crippen LogP contribution in [0.4, 0.5) is 0 Å². The van der Waals surface area contributed by atoms with Crippen molar-refractivity contribution in [1.29, 1.82) is 0 Å². The topological polar surface area (TPSA) is 21.3 Å². The third-order valence-corrected chi connectivity index (χ3v) is 4.20. The van der Waals surface area contributed by atoms with Crippen LogP contribution in [0, 0.1) is 13.8 Å². The van der Waals surface area contributed by atoms with Gasteiger partial charge in [0, 0.05) is 17.4 Å². The second kappa shape index (κ2) is 7.05. The van der Waals surface area contributed by atoms with Crippen molar-refractivity contribution in [1.82, 2.24) is 5.32 Å². The lowest BCUT2D eigenvalue weighted by Crippen LogP contribution is -2.21. The molecule has 1 rings (SSSR count). The predicted molar refractivity (Wildman–Crippen MR) is 81.9 cm³/mol. The summed E-state index contributed by atoms with van der Waals surface area (Å²) in [5, 5.41) is 4.06. The Balaban J connectivity index is 3.04. The second-order valence-corrected chi connectivity index (χ2v) is 6.53. The molecule has 0 aliphatic heterocycles. The second-order valence-electron chi connectivity index (χ2n) is 4.92. The zero-order valence-corrected chi connectivity index (χ0v) is 13.1. The van der Waals surface area contributed by atoms with Crippen LogP contribution in [-0.4, -0.2) is 25.2 Å². The standard InChI is InChI=1S/C15H25NOS/c1-10(2)18-9-13(16-5)15-12(4)7-11(3)8-14(15)17-6/h7-8,10,13,16H,9H2,1-6H3. The zero-order chi connectivity index (χ0) is 13.7. The Morgan fingerprint density at radius 2 is 1.94 bits per heavy atom. The van der Waals surface area contributed by atoms with E-state index in [4.69, 9.17) is 4.74 Å². The SMILES string of the molecule is CNC(CSC(C)C)c1c(C)cc(C)cc1OC. The highest BCUT2D eigenvalue weighted by Gasteiger charge is 2.18. The molecule has 0 saturated heterocycles. The summed E-state index contributed by atoms with van der Waals surface area (Å²) >= 11 is 1.97. The molecule has 1 unspecified atom stereocenters. The van der Waals surface area contributed by atoms with Gasteiger partial charge in [0.2, 0.25) is 0 Å². The molecule has 3 heteroatoms. The maximum absolute atomic E-state index is 5.55. The van der Waals surface area contributed by atoms with Crippen LogP contribution in [0.1, 0.15) is 36.6 Å². The van der Waals surface area contributed by atoms with Crippen molar-refractivity contribution in [2.24, 2.45) is 0 Å². The molecule has 0 fully saturated rings. The molecule has 18 heavy (non-hydrogen) atoms. The smallest absolute Gasteiger partial charge is 0.124 e. The summed E-state index contributed by atoms with van der Waals surface area (Å²) in [7, 11) is 3.77. The summed E-state index contributed by atoms with van der Waals surface area (Å²) in [5.41, 5.74) is 3.84. The highest BCUT2D eigenvalue weighted by Crippen LogP contribution is 2.32. The average molecular weight is 267 g/mol. The molecular weight excluding hydrogens is 242 g/mol. The molecule has 0 aliphatic rings. The lowest BCUT2D eigenvalue weighted by atomic mass is 9.99. The number of thioether (sulfide) groups is 1. The van der Waals surface area contributed by atoms with Crippen LogP contribution >= 0.6 is 11.8 Å². The van der Waals surface area contributed by atoms with Gasteiger partial charge >= 0.3 is 0 Å². The van der Waals surface area contributed by atoms with Gasteiger partial charge in [-0.25, -0.2) is 0 Å². The Morgan fingerprint density at radius 3 is 2.44 bits per heavy atom. The summed E-state index contributed by atoms with van der Waals surface area (Å²) in [6, 6.07) is 4.68. The van der Waals surface area contributed by atoms with Crippen LogP contribution in [0.25, 0.3) is 0 Å². The van der Waals surface area contributed by atoms with E-state index < -0.39 is 0 Å². The molecule has 0 amide bonds. The molecule has 102 valence electrons. The Morgan fingerprint density at radius 1 is 1.28 bits per heavy atom. The van der Waals surface area contributed by atoms with Crippen LogP contribution < -0.4 is 10.1 Å². The van der Waals surface area contributed by atoms with Gasteiger partial charge in [-0.2, -0.15) is 11.8 Å². The summed E-state index contributed by atoms with van der Waals surface area (Å²) < 4.78 is 5.55. The fraction of sp³-hybridized carbons (Fsp3) is 0.600. The van der Waals surface area contributed by atoms with E-state index in [-0.39, 0.29) is 0 Å². The molecule has 0 aromatic heterocycles. The first-order chi connectivity index (χ1) is 8.49. The van der Waals surface area contributed by atoms with E-state index in [1.165, 1.54) is 16.7 Å². The fourth-order valence-electron chi connectivity index (χ4n) is 2.15. The van der Waals surface area contributed by atoms with Crippen molar-refractivity contribution in [3.63, 3.8) is 0 Å². The van der Waals surface area contributed by atoms with Crippen LogP contribution in [-0.2, 0) is 0 Å². The number of methoxy groups -OCH3 is 1. The molecule has 2 nitrogen and oxygen atoms in total. The first-order valence-corrected chi connectivity index (χ1v) is 7.48. The number of aryl methyl sites for hydroxylation is 2. The lowest BCUT2D eigenvalue weighted by Gasteiger charge is -2.22. The maximum atomic E-state index is 5.55. The number of rotatable bonds is 6. The number of ether oxygens (including phenoxy) is 1. The number of hydrogen-bond donors (Lipinski definition) is 1. The largest absolute Gasteiger partial charge is 0.496 e. The van der Waals surface area contributed by atoms with Gasteiger partial charge in [0.15, 0.2) is 0 Å². The molecule has 0 spiro atoms. The van der Waals surface area contributed by atoms with E-state index >= 15 is 0 Å². The van der Waals surface area contributed by atoms with E-state index in [2.05, 4.69) is 45.1 Å². The molecule has 1 atom stereocenters. The molecule has 0 aliphatic carbocycles. The summed E-state index contributed by atoms with van der Waals surface area (Å²) in [5.74, 6) is 2.06. The summed E-state index contributed by atoms with van der Waals surface area (Å²) in [6.45, 7) is 8.74. The monoisotopic (exact) mass is 267 g/mol. The predicted octanol–water partition coefficient (Wildman–Crippen LogP) is 3.71. The van der Waals surface area contributed by atoms with E-state index in [0.29, 0.717) is 11.3 Å². The summed E-state index contributed by atoms with van der Waals surface area (Å²) in [6.07, 6.45) is 0. The van der Waals surface area contributed by atoms with Crippen molar-refractivity contribution in [2.45, 2.75) is 39.0 Å².